The van der Waals surface area contributed by atoms with E-state index in [1.807, 2.05) is 30.3 Å². The lowest BCUT2D eigenvalue weighted by Crippen LogP contribution is -2.75. The number of fused-ring (bicyclic) bond motifs is 1. The van der Waals surface area contributed by atoms with Gasteiger partial charge < -0.3 is 9.64 Å². The zero-order valence-corrected chi connectivity index (χ0v) is 19.0. The van der Waals surface area contributed by atoms with Crippen LogP contribution in [0.25, 0.3) is 6.08 Å². The highest BCUT2D eigenvalue weighted by Crippen LogP contribution is 2.42. The van der Waals surface area contributed by atoms with E-state index in [1.54, 1.807) is 66.7 Å². The average molecular weight is 466 g/mol. The topological polar surface area (TPSA) is 84.0 Å². The number of methoxy groups -OCH3 is 1. The molecule has 174 valence electrons. The molecule has 2 unspecified atom stereocenters. The molecule has 3 aromatic carbocycles. The van der Waals surface area contributed by atoms with E-state index < -0.39 is 35.3 Å². The summed E-state index contributed by atoms with van der Waals surface area (Å²) in [5.74, 6) is -2.21. The van der Waals surface area contributed by atoms with Crippen molar-refractivity contribution in [3.63, 3.8) is 0 Å². The Labute approximate surface area is 202 Å². The number of rotatable bonds is 6. The molecule has 0 N–H and O–H groups in total. The van der Waals surface area contributed by atoms with E-state index in [4.69, 9.17) is 4.74 Å². The summed E-state index contributed by atoms with van der Waals surface area (Å²) in [6.07, 6.45) is 3.30. The Hall–Kier alpha value is -4.52. The van der Waals surface area contributed by atoms with E-state index in [-0.39, 0.29) is 17.7 Å². The van der Waals surface area contributed by atoms with Crippen molar-refractivity contribution in [3.05, 3.63) is 113 Å². The zero-order valence-electron chi connectivity index (χ0n) is 19.0. The third-order valence-corrected chi connectivity index (χ3v) is 6.44. The predicted octanol–water partition coefficient (Wildman–Crippen LogP) is 3.49. The third kappa shape index (κ3) is 3.52. The molecule has 3 amide bonds. The summed E-state index contributed by atoms with van der Waals surface area (Å²) in [6, 6.07) is 23.6. The van der Waals surface area contributed by atoms with Crippen molar-refractivity contribution in [3.8, 4) is 0 Å². The molecule has 0 aromatic heterocycles. The molecule has 5 rings (SSSR count). The summed E-state index contributed by atoms with van der Waals surface area (Å²) in [7, 11) is 1.26. The Morgan fingerprint density at radius 3 is 1.94 bits per heavy atom. The Kier molecular flexibility index (Phi) is 5.53. The second kappa shape index (κ2) is 8.68. The van der Waals surface area contributed by atoms with Crippen LogP contribution in [-0.4, -0.2) is 52.7 Å². The van der Waals surface area contributed by atoms with E-state index in [0.717, 1.165) is 10.5 Å². The number of carbonyl (C=O) groups is 4. The van der Waals surface area contributed by atoms with Crippen LogP contribution in [0.5, 0.6) is 0 Å². The number of nitrogens with zero attached hydrogens (tertiary/aromatic N) is 2. The molecule has 0 radical (unpaired) electrons. The second-order valence-corrected chi connectivity index (χ2v) is 8.43. The number of ether oxygens (including phenoxy) is 1. The first kappa shape index (κ1) is 22.3. The van der Waals surface area contributed by atoms with Crippen LogP contribution < -0.4 is 0 Å². The molecule has 0 saturated carbocycles. The maximum Gasteiger partial charge on any atom is 0.333 e. The van der Waals surface area contributed by atoms with Crippen molar-refractivity contribution in [2.45, 2.75) is 11.6 Å². The molecule has 7 heteroatoms. The van der Waals surface area contributed by atoms with Crippen molar-refractivity contribution < 1.29 is 23.9 Å². The van der Waals surface area contributed by atoms with Gasteiger partial charge in [-0.2, -0.15) is 0 Å². The quantitative estimate of drug-likeness (QED) is 0.316. The number of likely N-dealkylation sites (tertiary alicyclic amines) is 1. The molecule has 7 nitrogen and oxygen atoms in total. The highest BCUT2D eigenvalue weighted by atomic mass is 16.5. The fraction of sp³-hybridized carbons (Fsp3) is 0.143. The molecule has 2 aliphatic heterocycles. The standard InChI is InChI=1S/C28H22N2O5/c1-35-26(33)23(20-12-6-3-7-13-20)29-18-28(27(29)34,17-16-19-10-4-2-5-11-19)30-24(31)21-14-8-9-15-22(21)25(30)32/h2-17,23H,18H2,1H3. The minimum Gasteiger partial charge on any atom is -0.467 e. The molecule has 3 aromatic rings. The largest absolute Gasteiger partial charge is 0.467 e. The number of carbonyl (C=O) groups excluding carboxylic acids is 4. The van der Waals surface area contributed by atoms with Gasteiger partial charge in [-0.1, -0.05) is 78.9 Å². The maximum absolute atomic E-state index is 13.9. The normalized spacial score (nSPS) is 20.1. The minimum absolute atomic E-state index is 0.0463. The van der Waals surface area contributed by atoms with Crippen molar-refractivity contribution in [2.75, 3.05) is 13.7 Å². The highest BCUT2D eigenvalue weighted by molar-refractivity contribution is 6.24. The first-order valence-corrected chi connectivity index (χ1v) is 11.1. The molecular formula is C28H22N2O5. The molecule has 35 heavy (non-hydrogen) atoms. The molecule has 1 fully saturated rings. The van der Waals surface area contributed by atoms with Crippen LogP contribution in [0.3, 0.4) is 0 Å². The van der Waals surface area contributed by atoms with Crippen LogP contribution >= 0.6 is 0 Å². The predicted molar refractivity (Wildman–Crippen MR) is 128 cm³/mol. The van der Waals surface area contributed by atoms with Gasteiger partial charge in [0.1, 0.15) is 0 Å². The molecule has 2 atom stereocenters. The smallest absolute Gasteiger partial charge is 0.333 e. The summed E-state index contributed by atoms with van der Waals surface area (Å²) >= 11 is 0. The van der Waals surface area contributed by atoms with E-state index in [9.17, 15) is 19.2 Å². The van der Waals surface area contributed by atoms with Crippen molar-refractivity contribution in [2.24, 2.45) is 0 Å². The van der Waals surface area contributed by atoms with Gasteiger partial charge in [-0.3, -0.25) is 19.3 Å². The molecule has 2 heterocycles. The number of β-lactam (4-membered cyclic amide) rings is 1. The second-order valence-electron chi connectivity index (χ2n) is 8.43. The number of hydrogen-bond acceptors (Lipinski definition) is 5. The SMILES string of the molecule is COC(=O)C(c1ccccc1)N1CC(C=Cc2ccccc2)(N2C(=O)c3ccccc3C2=O)C1=O. The average Bonchev–Trinajstić information content (AvgIpc) is 3.16. The Bertz CT molecular complexity index is 1320. The van der Waals surface area contributed by atoms with Gasteiger partial charge in [-0.25, -0.2) is 4.79 Å². The fourth-order valence-corrected chi connectivity index (χ4v) is 4.67. The number of amides is 3. The van der Waals surface area contributed by atoms with Gasteiger partial charge in [-0.15, -0.1) is 0 Å². The van der Waals surface area contributed by atoms with E-state index in [2.05, 4.69) is 0 Å². The van der Waals surface area contributed by atoms with Gasteiger partial charge in [0.15, 0.2) is 11.6 Å². The summed E-state index contributed by atoms with van der Waals surface area (Å²) < 4.78 is 4.99. The van der Waals surface area contributed by atoms with E-state index in [0.29, 0.717) is 5.56 Å². The molecule has 0 aliphatic carbocycles. The number of imide groups is 1. The Balaban J connectivity index is 1.57. The Morgan fingerprint density at radius 2 is 1.40 bits per heavy atom. The summed E-state index contributed by atoms with van der Waals surface area (Å²) in [5.41, 5.74) is 0.329. The summed E-state index contributed by atoms with van der Waals surface area (Å²) in [5, 5.41) is 0. The molecule has 1 saturated heterocycles. The van der Waals surface area contributed by atoms with Crippen molar-refractivity contribution >= 4 is 29.8 Å². The van der Waals surface area contributed by atoms with Crippen LogP contribution in [0.2, 0.25) is 0 Å². The van der Waals surface area contributed by atoms with Gasteiger partial charge in [0, 0.05) is 0 Å². The summed E-state index contributed by atoms with van der Waals surface area (Å²) in [6.45, 7) is -0.0463. The van der Waals surface area contributed by atoms with Crippen LogP contribution in [0.4, 0.5) is 0 Å². The molecular weight excluding hydrogens is 444 g/mol. The Morgan fingerprint density at radius 1 is 0.857 bits per heavy atom. The molecule has 0 bridgehead atoms. The first-order valence-electron chi connectivity index (χ1n) is 11.1. The van der Waals surface area contributed by atoms with Crippen LogP contribution in [-0.2, 0) is 14.3 Å². The van der Waals surface area contributed by atoms with Gasteiger partial charge >= 0.3 is 5.97 Å². The van der Waals surface area contributed by atoms with Gasteiger partial charge in [0.05, 0.1) is 24.8 Å². The van der Waals surface area contributed by atoms with E-state index in [1.165, 1.54) is 12.0 Å². The lowest BCUT2D eigenvalue weighted by molar-refractivity contribution is -0.168. The van der Waals surface area contributed by atoms with Crippen molar-refractivity contribution in [1.29, 1.82) is 0 Å². The minimum atomic E-state index is -1.57. The number of esters is 1. The van der Waals surface area contributed by atoms with Gasteiger partial charge in [0.2, 0.25) is 0 Å². The van der Waals surface area contributed by atoms with Gasteiger partial charge in [0.25, 0.3) is 17.7 Å². The van der Waals surface area contributed by atoms with Crippen LogP contribution in [0.1, 0.15) is 37.9 Å². The third-order valence-electron chi connectivity index (χ3n) is 6.44. The fourth-order valence-electron chi connectivity index (χ4n) is 4.67. The van der Waals surface area contributed by atoms with E-state index >= 15 is 0 Å². The number of benzene rings is 3. The highest BCUT2D eigenvalue weighted by Gasteiger charge is 2.62. The lowest BCUT2D eigenvalue weighted by atomic mass is 9.82. The number of hydrogen-bond donors (Lipinski definition) is 0. The molecule has 0 spiro atoms. The van der Waals surface area contributed by atoms with Crippen LogP contribution in [0.15, 0.2) is 91.0 Å². The maximum atomic E-state index is 13.9. The molecule has 2 aliphatic rings. The van der Waals surface area contributed by atoms with Crippen LogP contribution in [0, 0.1) is 0 Å². The monoisotopic (exact) mass is 466 g/mol. The lowest BCUT2D eigenvalue weighted by Gasteiger charge is -2.52. The first-order chi connectivity index (χ1) is 17.0. The van der Waals surface area contributed by atoms with Gasteiger partial charge in [-0.05, 0) is 29.3 Å². The summed E-state index contributed by atoms with van der Waals surface area (Å²) in [4.78, 5) is 55.7. The zero-order chi connectivity index (χ0) is 24.6. The van der Waals surface area contributed by atoms with Crippen molar-refractivity contribution in [1.82, 2.24) is 9.80 Å².